The first-order chi connectivity index (χ1) is 13.1. The lowest BCUT2D eigenvalue weighted by molar-refractivity contribution is -0.122. The Hall–Kier alpha value is -2.79. The van der Waals surface area contributed by atoms with E-state index in [2.05, 4.69) is 11.6 Å². The fourth-order valence-corrected chi connectivity index (χ4v) is 3.63. The number of rotatable bonds is 6. The van der Waals surface area contributed by atoms with Crippen LogP contribution in [0.25, 0.3) is 6.08 Å². The minimum absolute atomic E-state index is 0.0136. The third kappa shape index (κ3) is 4.68. The van der Waals surface area contributed by atoms with E-state index >= 15 is 0 Å². The van der Waals surface area contributed by atoms with Gasteiger partial charge < -0.3 is 4.74 Å². The third-order valence-electron chi connectivity index (χ3n) is 4.01. The molecule has 0 aromatic heterocycles. The van der Waals surface area contributed by atoms with E-state index in [9.17, 15) is 4.79 Å². The normalized spacial score (nSPS) is 17.0. The molecule has 0 aliphatic carbocycles. The van der Waals surface area contributed by atoms with Crippen molar-refractivity contribution in [1.29, 1.82) is 0 Å². The molecule has 4 nitrogen and oxygen atoms in total. The second-order valence-corrected chi connectivity index (χ2v) is 7.07. The van der Waals surface area contributed by atoms with Gasteiger partial charge in [-0.25, -0.2) is 4.99 Å². The molecular weight excluding hydrogens is 356 g/mol. The van der Waals surface area contributed by atoms with Crippen molar-refractivity contribution >= 4 is 34.6 Å². The fraction of sp³-hybridized carbons (Fsp3) is 0.182. The Balaban J connectivity index is 1.82. The van der Waals surface area contributed by atoms with E-state index in [0.717, 1.165) is 17.0 Å². The van der Waals surface area contributed by atoms with Crippen molar-refractivity contribution in [2.24, 2.45) is 4.99 Å². The number of carbonyl (C=O) groups excluding carboxylic acids is 1. The first kappa shape index (κ1) is 19.0. The highest BCUT2D eigenvalue weighted by Crippen LogP contribution is 2.34. The largest absolute Gasteiger partial charge is 0.490 e. The Morgan fingerprint density at radius 2 is 1.85 bits per heavy atom. The predicted molar refractivity (Wildman–Crippen MR) is 113 cm³/mol. The van der Waals surface area contributed by atoms with Crippen LogP contribution in [0, 0.1) is 6.92 Å². The van der Waals surface area contributed by atoms with Crippen LogP contribution in [0.5, 0.6) is 5.75 Å². The van der Waals surface area contributed by atoms with E-state index in [1.165, 1.54) is 17.3 Å². The molecule has 1 aliphatic heterocycles. The number of carbonyl (C=O) groups is 1. The number of amidine groups is 1. The summed E-state index contributed by atoms with van der Waals surface area (Å²) in [6.45, 7) is 8.69. The van der Waals surface area contributed by atoms with E-state index in [0.29, 0.717) is 23.2 Å². The molecule has 0 unspecified atom stereocenters. The number of likely N-dealkylation sites (N-methyl/N-ethyl adjacent to an activating group) is 1. The quantitative estimate of drug-likeness (QED) is 0.513. The zero-order valence-corrected chi connectivity index (χ0v) is 16.3. The van der Waals surface area contributed by atoms with Gasteiger partial charge in [0.2, 0.25) is 0 Å². The number of amides is 1. The summed E-state index contributed by atoms with van der Waals surface area (Å²) in [5, 5.41) is 0.712. The number of ether oxygens (including phenoxy) is 1. The molecule has 3 rings (SSSR count). The molecule has 138 valence electrons. The van der Waals surface area contributed by atoms with Crippen LogP contribution in [0.1, 0.15) is 18.1 Å². The van der Waals surface area contributed by atoms with Gasteiger partial charge in [-0.15, -0.1) is 0 Å². The minimum Gasteiger partial charge on any atom is -0.490 e. The van der Waals surface area contributed by atoms with Gasteiger partial charge in [-0.05, 0) is 61.5 Å². The number of hydrogen-bond acceptors (Lipinski definition) is 4. The van der Waals surface area contributed by atoms with Crippen molar-refractivity contribution in [2.75, 3.05) is 13.2 Å². The van der Waals surface area contributed by atoms with Crippen molar-refractivity contribution in [2.45, 2.75) is 13.8 Å². The lowest BCUT2D eigenvalue weighted by Gasteiger charge is -2.12. The Bertz CT molecular complexity index is 884. The SMILES string of the molecule is C=CCOc1ccc(/C=C2/SC(=Nc3ccc(C)cc3)N(CC)C2=O)cc1. The monoisotopic (exact) mass is 378 g/mol. The number of aryl methyl sites for hydroxylation is 1. The number of nitrogens with zero attached hydrogens (tertiary/aromatic N) is 2. The van der Waals surface area contributed by atoms with Gasteiger partial charge in [0.1, 0.15) is 12.4 Å². The van der Waals surface area contributed by atoms with Gasteiger partial charge in [-0.1, -0.05) is 42.5 Å². The van der Waals surface area contributed by atoms with Crippen molar-refractivity contribution < 1.29 is 9.53 Å². The molecule has 1 saturated heterocycles. The molecule has 1 heterocycles. The molecule has 0 N–H and O–H groups in total. The summed E-state index contributed by atoms with van der Waals surface area (Å²) in [5.74, 6) is 0.764. The standard InChI is InChI=1S/C22H22N2O2S/c1-4-14-26-19-12-8-17(9-13-19)15-20-21(25)24(5-2)22(27-20)23-18-10-6-16(3)7-11-18/h4,6-13,15H,1,5,14H2,2-3H3/b20-15+,23-22?. The highest BCUT2D eigenvalue weighted by Gasteiger charge is 2.32. The van der Waals surface area contributed by atoms with Crippen LogP contribution in [0.3, 0.4) is 0 Å². The number of hydrogen-bond donors (Lipinski definition) is 0. The fourth-order valence-electron chi connectivity index (χ4n) is 2.57. The van der Waals surface area contributed by atoms with Crippen LogP contribution in [0.4, 0.5) is 5.69 Å². The summed E-state index contributed by atoms with van der Waals surface area (Å²) < 4.78 is 5.49. The van der Waals surface area contributed by atoms with Gasteiger partial charge in [0.15, 0.2) is 5.17 Å². The Morgan fingerprint density at radius 3 is 2.48 bits per heavy atom. The molecule has 0 atom stereocenters. The van der Waals surface area contributed by atoms with Crippen molar-refractivity contribution in [3.05, 3.63) is 77.2 Å². The van der Waals surface area contributed by atoms with Gasteiger partial charge in [-0.2, -0.15) is 0 Å². The highest BCUT2D eigenvalue weighted by atomic mass is 32.2. The van der Waals surface area contributed by atoms with Gasteiger partial charge in [-0.3, -0.25) is 9.69 Å². The van der Waals surface area contributed by atoms with E-state index in [1.54, 1.807) is 11.0 Å². The van der Waals surface area contributed by atoms with Gasteiger partial charge >= 0.3 is 0 Å². The maximum Gasteiger partial charge on any atom is 0.266 e. The van der Waals surface area contributed by atoms with E-state index in [1.807, 2.05) is 68.5 Å². The molecule has 5 heteroatoms. The average Bonchev–Trinajstić information content (AvgIpc) is 2.97. The van der Waals surface area contributed by atoms with E-state index < -0.39 is 0 Å². The summed E-state index contributed by atoms with van der Waals surface area (Å²) >= 11 is 1.41. The van der Waals surface area contributed by atoms with Crippen LogP contribution >= 0.6 is 11.8 Å². The molecule has 1 aliphatic rings. The molecule has 1 fully saturated rings. The highest BCUT2D eigenvalue weighted by molar-refractivity contribution is 8.18. The predicted octanol–water partition coefficient (Wildman–Crippen LogP) is 5.18. The minimum atomic E-state index is -0.0136. The van der Waals surface area contributed by atoms with Gasteiger partial charge in [0.25, 0.3) is 5.91 Å². The number of thioether (sulfide) groups is 1. The molecule has 0 saturated carbocycles. The van der Waals surface area contributed by atoms with Crippen LogP contribution in [-0.2, 0) is 4.79 Å². The zero-order chi connectivity index (χ0) is 19.2. The second-order valence-electron chi connectivity index (χ2n) is 6.06. The van der Waals surface area contributed by atoms with Crippen LogP contribution in [-0.4, -0.2) is 29.1 Å². The third-order valence-corrected chi connectivity index (χ3v) is 5.02. The van der Waals surface area contributed by atoms with Gasteiger partial charge in [0.05, 0.1) is 10.6 Å². The Kier molecular flexibility index (Phi) is 6.14. The van der Waals surface area contributed by atoms with Gasteiger partial charge in [0, 0.05) is 6.54 Å². The summed E-state index contributed by atoms with van der Waals surface area (Å²) in [6, 6.07) is 15.6. The molecular formula is C22H22N2O2S. The van der Waals surface area contributed by atoms with Crippen LogP contribution in [0.15, 0.2) is 71.1 Å². The average molecular weight is 378 g/mol. The molecule has 2 aromatic rings. The zero-order valence-electron chi connectivity index (χ0n) is 15.5. The molecule has 1 amide bonds. The molecule has 0 spiro atoms. The Morgan fingerprint density at radius 1 is 1.15 bits per heavy atom. The van der Waals surface area contributed by atoms with Crippen molar-refractivity contribution in [1.82, 2.24) is 4.90 Å². The van der Waals surface area contributed by atoms with Crippen LogP contribution < -0.4 is 4.74 Å². The van der Waals surface area contributed by atoms with Crippen molar-refractivity contribution in [3.63, 3.8) is 0 Å². The summed E-state index contributed by atoms with van der Waals surface area (Å²) in [6.07, 6.45) is 3.60. The number of aliphatic imine (C=N–C) groups is 1. The van der Waals surface area contributed by atoms with E-state index in [4.69, 9.17) is 4.74 Å². The smallest absolute Gasteiger partial charge is 0.266 e. The lowest BCUT2D eigenvalue weighted by atomic mass is 10.2. The Labute approximate surface area is 164 Å². The maximum atomic E-state index is 12.7. The first-order valence-electron chi connectivity index (χ1n) is 8.81. The molecule has 2 aromatic carbocycles. The van der Waals surface area contributed by atoms with Crippen molar-refractivity contribution in [3.8, 4) is 5.75 Å². The summed E-state index contributed by atoms with van der Waals surface area (Å²) in [7, 11) is 0. The van der Waals surface area contributed by atoms with Crippen LogP contribution in [0.2, 0.25) is 0 Å². The maximum absolute atomic E-state index is 12.7. The number of benzene rings is 2. The lowest BCUT2D eigenvalue weighted by Crippen LogP contribution is -2.28. The summed E-state index contributed by atoms with van der Waals surface area (Å²) in [5.41, 5.74) is 2.98. The molecule has 27 heavy (non-hydrogen) atoms. The molecule has 0 bridgehead atoms. The summed E-state index contributed by atoms with van der Waals surface area (Å²) in [4.78, 5) is 19.8. The second kappa shape index (κ2) is 8.73. The topological polar surface area (TPSA) is 41.9 Å². The van der Waals surface area contributed by atoms with E-state index in [-0.39, 0.29) is 5.91 Å². The molecule has 0 radical (unpaired) electrons. The first-order valence-corrected chi connectivity index (χ1v) is 9.63.